The molecule has 0 saturated heterocycles. The van der Waals surface area contributed by atoms with Gasteiger partial charge in [-0.15, -0.1) is 0 Å². The predicted octanol–water partition coefficient (Wildman–Crippen LogP) is 4.09. The van der Waals surface area contributed by atoms with Crippen LogP contribution in [0.5, 0.6) is 0 Å². The lowest BCUT2D eigenvalue weighted by molar-refractivity contribution is -0.385. The second-order valence-electron chi connectivity index (χ2n) is 5.07. The molecule has 17 heavy (non-hydrogen) atoms. The number of rotatable bonds is 3. The molecule has 1 rings (SSSR count). The molecule has 0 radical (unpaired) electrons. The van der Waals surface area contributed by atoms with Crippen LogP contribution in [0.15, 0.2) is 18.2 Å². The predicted molar refractivity (Wildman–Crippen MR) is 68.9 cm³/mol. The number of hydrogen-bond acceptors (Lipinski definition) is 2. The van der Waals surface area contributed by atoms with Crippen molar-refractivity contribution in [2.45, 2.75) is 32.0 Å². The Morgan fingerprint density at radius 1 is 1.47 bits per heavy atom. The van der Waals surface area contributed by atoms with E-state index in [1.54, 1.807) is 0 Å². The summed E-state index contributed by atoms with van der Waals surface area (Å²) in [5.41, 5.74) is 0.384. The Bertz CT molecular complexity index is 429. The van der Waals surface area contributed by atoms with E-state index >= 15 is 0 Å². The minimum Gasteiger partial charge on any atom is -0.258 e. The molecular formula is C12H15BrFNO2. The maximum atomic E-state index is 13.0. The monoisotopic (exact) mass is 303 g/mol. The molecule has 5 heteroatoms. The fourth-order valence-electron chi connectivity index (χ4n) is 1.38. The number of hydrogen-bond donors (Lipinski definition) is 0. The molecule has 0 fully saturated rings. The Labute approximate surface area is 108 Å². The van der Waals surface area contributed by atoms with Gasteiger partial charge in [0.25, 0.3) is 5.69 Å². The van der Waals surface area contributed by atoms with Gasteiger partial charge in [-0.2, -0.15) is 0 Å². The van der Waals surface area contributed by atoms with Crippen molar-refractivity contribution in [3.05, 3.63) is 39.7 Å². The summed E-state index contributed by atoms with van der Waals surface area (Å²) in [4.78, 5) is 10.4. The average Bonchev–Trinajstić information content (AvgIpc) is 2.18. The zero-order valence-corrected chi connectivity index (χ0v) is 11.6. The fourth-order valence-corrected chi connectivity index (χ4v) is 1.73. The molecule has 3 nitrogen and oxygen atoms in total. The van der Waals surface area contributed by atoms with Crippen LogP contribution in [0.25, 0.3) is 0 Å². The molecule has 1 atom stereocenters. The van der Waals surface area contributed by atoms with Gasteiger partial charge in [0, 0.05) is 10.4 Å². The van der Waals surface area contributed by atoms with Gasteiger partial charge in [-0.25, -0.2) is 4.39 Å². The molecule has 0 aliphatic heterocycles. The second-order valence-corrected chi connectivity index (χ2v) is 6.17. The number of alkyl halides is 1. The summed E-state index contributed by atoms with van der Waals surface area (Å²) in [6, 6.07) is 3.70. The van der Waals surface area contributed by atoms with Gasteiger partial charge in [0.1, 0.15) is 5.82 Å². The van der Waals surface area contributed by atoms with Crippen molar-refractivity contribution >= 4 is 21.6 Å². The van der Waals surface area contributed by atoms with Crippen LogP contribution >= 0.6 is 15.9 Å². The Morgan fingerprint density at radius 2 is 2.06 bits per heavy atom. The van der Waals surface area contributed by atoms with Gasteiger partial charge in [0.15, 0.2) is 0 Å². The van der Waals surface area contributed by atoms with E-state index in [2.05, 4.69) is 15.9 Å². The summed E-state index contributed by atoms with van der Waals surface area (Å²) in [5, 5.41) is 10.8. The Morgan fingerprint density at radius 3 is 2.53 bits per heavy atom. The lowest BCUT2D eigenvalue weighted by atomic mass is 9.88. The van der Waals surface area contributed by atoms with Crippen LogP contribution in [0.4, 0.5) is 10.1 Å². The Hall–Kier alpha value is -0.970. The van der Waals surface area contributed by atoms with E-state index in [0.29, 0.717) is 12.0 Å². The van der Waals surface area contributed by atoms with E-state index < -0.39 is 10.7 Å². The zero-order valence-electron chi connectivity index (χ0n) is 10.0. The molecule has 0 saturated carbocycles. The summed E-state index contributed by atoms with van der Waals surface area (Å²) in [7, 11) is 0. The second kappa shape index (κ2) is 5.12. The minimum absolute atomic E-state index is 0.0117. The molecule has 0 N–H and O–H groups in total. The maximum Gasteiger partial charge on any atom is 0.275 e. The first kappa shape index (κ1) is 14.1. The van der Waals surface area contributed by atoms with Crippen LogP contribution in [0.3, 0.4) is 0 Å². The molecule has 0 amide bonds. The van der Waals surface area contributed by atoms with Crippen molar-refractivity contribution in [1.82, 2.24) is 0 Å². The van der Waals surface area contributed by atoms with Gasteiger partial charge in [0.05, 0.1) is 11.0 Å². The Kier molecular flexibility index (Phi) is 4.25. The molecule has 1 aromatic rings. The number of halogens is 2. The van der Waals surface area contributed by atoms with E-state index in [1.165, 1.54) is 12.1 Å². The molecule has 94 valence electrons. The molecule has 0 aromatic heterocycles. The van der Waals surface area contributed by atoms with Gasteiger partial charge in [0.2, 0.25) is 0 Å². The molecule has 1 unspecified atom stereocenters. The first-order valence-corrected chi connectivity index (χ1v) is 6.20. The number of benzene rings is 1. The van der Waals surface area contributed by atoms with Crippen molar-refractivity contribution in [3.63, 3.8) is 0 Å². The summed E-state index contributed by atoms with van der Waals surface area (Å²) in [6.45, 7) is 6.13. The van der Waals surface area contributed by atoms with Crippen molar-refractivity contribution in [1.29, 1.82) is 0 Å². The third kappa shape index (κ3) is 3.77. The number of nitro benzene ring substituents is 1. The third-order valence-electron chi connectivity index (χ3n) is 2.58. The summed E-state index contributed by atoms with van der Waals surface area (Å²) >= 11 is 3.52. The largest absolute Gasteiger partial charge is 0.275 e. The van der Waals surface area contributed by atoms with E-state index in [-0.39, 0.29) is 15.9 Å². The zero-order chi connectivity index (χ0) is 13.2. The normalized spacial score (nSPS) is 13.5. The molecule has 0 aliphatic rings. The molecular weight excluding hydrogens is 289 g/mol. The fraction of sp³-hybridized carbons (Fsp3) is 0.500. The highest BCUT2D eigenvalue weighted by Gasteiger charge is 2.25. The highest BCUT2D eigenvalue weighted by molar-refractivity contribution is 9.09. The summed E-state index contributed by atoms with van der Waals surface area (Å²) in [5.74, 6) is -0.581. The van der Waals surface area contributed by atoms with E-state index in [4.69, 9.17) is 0 Å². The van der Waals surface area contributed by atoms with Gasteiger partial charge in [-0.3, -0.25) is 10.1 Å². The number of nitro groups is 1. The van der Waals surface area contributed by atoms with E-state index in [1.807, 2.05) is 20.8 Å². The quantitative estimate of drug-likeness (QED) is 0.479. The van der Waals surface area contributed by atoms with Gasteiger partial charge in [-0.05, 0) is 24.0 Å². The molecule has 0 bridgehead atoms. The van der Waals surface area contributed by atoms with Crippen LogP contribution in [-0.2, 0) is 6.42 Å². The third-order valence-corrected chi connectivity index (χ3v) is 4.28. The van der Waals surface area contributed by atoms with Crippen LogP contribution < -0.4 is 0 Å². The smallest absolute Gasteiger partial charge is 0.258 e. The molecule has 1 aromatic carbocycles. The minimum atomic E-state index is -0.581. The highest BCUT2D eigenvalue weighted by atomic mass is 79.9. The van der Waals surface area contributed by atoms with Crippen molar-refractivity contribution < 1.29 is 9.31 Å². The Balaban J connectivity index is 3.03. The molecule has 0 aliphatic carbocycles. The maximum absolute atomic E-state index is 13.0. The summed E-state index contributed by atoms with van der Waals surface area (Å²) in [6.07, 6.45) is 0.500. The molecule has 0 spiro atoms. The van der Waals surface area contributed by atoms with Crippen LogP contribution in [0.2, 0.25) is 0 Å². The van der Waals surface area contributed by atoms with Crippen molar-refractivity contribution in [3.8, 4) is 0 Å². The van der Waals surface area contributed by atoms with E-state index in [0.717, 1.165) is 6.07 Å². The molecule has 0 heterocycles. The van der Waals surface area contributed by atoms with Gasteiger partial charge >= 0.3 is 0 Å². The van der Waals surface area contributed by atoms with Crippen LogP contribution in [-0.4, -0.2) is 9.75 Å². The first-order valence-electron chi connectivity index (χ1n) is 5.28. The van der Waals surface area contributed by atoms with Crippen molar-refractivity contribution in [2.24, 2.45) is 5.41 Å². The summed E-state index contributed by atoms with van der Waals surface area (Å²) < 4.78 is 13.0. The van der Waals surface area contributed by atoms with Crippen LogP contribution in [0, 0.1) is 21.3 Å². The highest BCUT2D eigenvalue weighted by Crippen LogP contribution is 2.31. The number of nitrogens with zero attached hydrogens (tertiary/aromatic N) is 1. The van der Waals surface area contributed by atoms with Gasteiger partial charge in [-0.1, -0.05) is 36.7 Å². The van der Waals surface area contributed by atoms with Gasteiger partial charge < -0.3 is 0 Å². The van der Waals surface area contributed by atoms with Crippen molar-refractivity contribution in [2.75, 3.05) is 0 Å². The first-order chi connectivity index (χ1) is 7.71. The standard InChI is InChI=1S/C12H15BrFNO2/c1-12(2,3)11(13)6-8-4-5-9(14)7-10(8)15(16)17/h4-5,7,11H,6H2,1-3H3. The lowest BCUT2D eigenvalue weighted by Gasteiger charge is -2.25. The SMILES string of the molecule is CC(C)(C)C(Br)Cc1ccc(F)cc1[N+](=O)[O-]. The van der Waals surface area contributed by atoms with E-state index in [9.17, 15) is 14.5 Å². The van der Waals surface area contributed by atoms with Crippen LogP contribution in [0.1, 0.15) is 26.3 Å². The topological polar surface area (TPSA) is 43.1 Å². The lowest BCUT2D eigenvalue weighted by Crippen LogP contribution is -2.22. The average molecular weight is 304 g/mol.